The first-order valence-corrected chi connectivity index (χ1v) is 12.2. The van der Waals surface area contributed by atoms with Crippen LogP contribution in [0.3, 0.4) is 0 Å². The number of carbonyl (C=O) groups is 10. The van der Waals surface area contributed by atoms with Gasteiger partial charge < -0.3 is 137 Å². The Morgan fingerprint density at radius 3 is 0.315 bits per heavy atom. The first kappa shape index (κ1) is 92.7. The summed E-state index contributed by atoms with van der Waals surface area (Å²) in [6.45, 7) is 10.5. The zero-order valence-corrected chi connectivity index (χ0v) is 36.2. The fraction of sp³-hybridized carbons (Fsp3) is 0.600. The Morgan fingerprint density at radius 2 is 0.315 bits per heavy atom. The quantitative estimate of drug-likeness (QED) is 0.134. The van der Waals surface area contributed by atoms with E-state index in [1.165, 1.54) is 0 Å². The van der Waals surface area contributed by atoms with Crippen LogP contribution in [0.4, 0.5) is 0 Å². The first-order valence-electron chi connectivity index (χ1n) is 12.2. The number of aliphatic carboxylic acids is 10. The van der Waals surface area contributed by atoms with Crippen molar-refractivity contribution in [1.29, 1.82) is 0 Å². The van der Waals surface area contributed by atoms with Crippen LogP contribution in [0.2, 0.25) is 0 Å². The zero-order valence-electron chi connectivity index (χ0n) is 31.3. The van der Waals surface area contributed by atoms with Crippen molar-refractivity contribution in [2.75, 3.05) is 0 Å². The maximum atomic E-state index is 9.34. The van der Waals surface area contributed by atoms with E-state index in [-0.39, 0.29) is 64.7 Å². The summed E-state index contributed by atoms with van der Waals surface area (Å²) < 4.78 is 0. The van der Waals surface area contributed by atoms with E-state index in [1.54, 1.807) is 0 Å². The van der Waals surface area contributed by atoms with Crippen molar-refractivity contribution in [2.24, 2.45) is 0 Å². The van der Waals surface area contributed by atoms with Crippen molar-refractivity contribution in [3.05, 3.63) is 0 Å². The monoisotopic (exact) mass is 956 g/mol. The van der Waals surface area contributed by atoms with Gasteiger partial charge in [-0.25, -0.2) is 0 Å². The molecule has 0 bridgehead atoms. The molecule has 0 aliphatic heterocycles. The van der Waals surface area contributed by atoms with Gasteiger partial charge >= 0.3 is 52.4 Å². The van der Waals surface area contributed by atoms with Crippen LogP contribution in [0.15, 0.2) is 0 Å². The molecule has 0 aromatic rings. The van der Waals surface area contributed by atoms with Crippen LogP contribution in [-0.2, 0) is 100 Å². The number of quaternary nitrogens is 2. The number of aliphatic hydroxyl groups is 5. The van der Waals surface area contributed by atoms with E-state index in [2.05, 4.69) is 0 Å². The van der Waals surface area contributed by atoms with Gasteiger partial charge in [-0.3, -0.25) is 0 Å². The van der Waals surface area contributed by atoms with Gasteiger partial charge in [0.05, 0.1) is 60.4 Å². The number of carboxylic acids is 10. The smallest absolute Gasteiger partial charge is 0.550 e. The Balaban J connectivity index is -0.0000000274. The van der Waals surface area contributed by atoms with Gasteiger partial charge in [0.2, 0.25) is 0 Å². The molecule has 0 radical (unpaired) electrons. The molecule has 5 atom stereocenters. The van der Waals surface area contributed by atoms with Crippen molar-refractivity contribution in [1.82, 2.24) is 12.3 Å². The normalized spacial score (nSPS) is 9.91. The van der Waals surface area contributed by atoms with Crippen molar-refractivity contribution in [2.45, 2.75) is 99.8 Å². The molecule has 0 amide bonds. The first-order chi connectivity index (χ1) is 21.9. The van der Waals surface area contributed by atoms with E-state index in [1.807, 2.05) is 0 Å². The summed E-state index contributed by atoms with van der Waals surface area (Å²) in [5, 5.41) is 131. The summed E-state index contributed by atoms with van der Waals surface area (Å²) in [5.74, 6) is -12.6. The van der Waals surface area contributed by atoms with Gasteiger partial charge in [0, 0.05) is 29.8 Å². The number of hydrogen-bond acceptors (Lipinski definition) is 25. The fourth-order valence-electron chi connectivity index (χ4n) is 0. The number of aliphatic hydroxyl groups excluding tert-OH is 5. The SMILES string of the molecule is CC(=O)[O-].CC(=O)[O-].CC(=O)[O-].CC(=O)[O-].CC(=O)[O-].CC(O)C(=O)[O-].CC(O)C(=O)[O-].CC(O)C(=O)[O-].CC(O)C(=O)[O-].CC(O)C(=O)[O-].[NH4+].[NH4+].[Zr+4].[Zr+4]. The average Bonchev–Trinajstić information content (AvgIpc) is 2.83. The maximum absolute atomic E-state index is 9.34. The van der Waals surface area contributed by atoms with Crippen molar-refractivity contribution in [3.8, 4) is 0 Å². The molecule has 0 aromatic carbocycles. The third-order valence-electron chi connectivity index (χ3n) is 1.71. The van der Waals surface area contributed by atoms with E-state index in [0.717, 1.165) is 69.2 Å². The van der Waals surface area contributed by atoms with Gasteiger partial charge in [0.1, 0.15) is 0 Å². The molecule has 27 nitrogen and oxygen atoms in total. The summed E-state index contributed by atoms with van der Waals surface area (Å²) in [5.41, 5.74) is 0. The van der Waals surface area contributed by atoms with Gasteiger partial charge in [-0.1, -0.05) is 0 Å². The standard InChI is InChI=1S/5C3H6O3.5C2H4O2.2H3N.2Zr/c5*1-2(4)3(5)6;5*1-2(3)4;;;;/h5*2,4H,1H3,(H,5,6);5*1H3,(H,3,4);2*1H3;;/q;;;;;;;;;;;;2*+4/p-8. The van der Waals surface area contributed by atoms with E-state index in [9.17, 15) is 49.5 Å². The Kier molecular flexibility index (Phi) is 116. The summed E-state index contributed by atoms with van der Waals surface area (Å²) >= 11 is 0. The Morgan fingerprint density at radius 1 is 0.296 bits per heavy atom. The number of carboxylic acid groups (broad SMARTS) is 10. The Bertz CT molecular complexity index is 765. The molecule has 13 N–H and O–H groups in total. The predicted molar refractivity (Wildman–Crippen MR) is 149 cm³/mol. The fourth-order valence-corrected chi connectivity index (χ4v) is 0. The maximum Gasteiger partial charge on any atom is 4.00 e. The van der Waals surface area contributed by atoms with Crippen molar-refractivity contribution >= 4 is 59.7 Å². The minimum atomic E-state index is -1.44. The van der Waals surface area contributed by atoms with Crippen LogP contribution in [0.1, 0.15) is 69.2 Å². The molecule has 0 aliphatic carbocycles. The summed E-state index contributed by atoms with van der Waals surface area (Å²) in [6.07, 6.45) is -6.71. The summed E-state index contributed by atoms with van der Waals surface area (Å²) in [6, 6.07) is 0. The van der Waals surface area contributed by atoms with Gasteiger partial charge in [0.25, 0.3) is 0 Å². The zero-order chi connectivity index (χ0) is 43.7. The second-order valence-corrected chi connectivity index (χ2v) is 7.43. The largest absolute Gasteiger partial charge is 4.00 e. The third-order valence-corrected chi connectivity index (χ3v) is 1.71. The van der Waals surface area contributed by atoms with Gasteiger partial charge in [-0.15, -0.1) is 0 Å². The second kappa shape index (κ2) is 67.3. The van der Waals surface area contributed by atoms with E-state index in [4.69, 9.17) is 75.0 Å². The molecule has 0 aliphatic rings. The number of carbonyl (C=O) groups excluding carboxylic acids is 10. The Hall–Kier alpha value is -3.81. The second-order valence-electron chi connectivity index (χ2n) is 7.43. The minimum absolute atomic E-state index is 0. The van der Waals surface area contributed by atoms with Crippen LogP contribution in [0.25, 0.3) is 0 Å². The molecule has 316 valence electrons. The van der Waals surface area contributed by atoms with E-state index < -0.39 is 90.2 Å². The molecule has 54 heavy (non-hydrogen) atoms. The molecule has 29 heteroatoms. The number of rotatable bonds is 5. The Labute approximate surface area is 347 Å². The van der Waals surface area contributed by atoms with Gasteiger partial charge in [-0.05, 0) is 69.2 Å². The van der Waals surface area contributed by atoms with Crippen LogP contribution in [0, 0.1) is 0 Å². The van der Waals surface area contributed by atoms with Crippen LogP contribution >= 0.6 is 0 Å². The minimum Gasteiger partial charge on any atom is -0.550 e. The van der Waals surface area contributed by atoms with Crippen LogP contribution < -0.4 is 63.4 Å². The average molecular weight is 959 g/mol. The van der Waals surface area contributed by atoms with Crippen molar-refractivity contribution < 1.29 is 177 Å². The molecule has 0 saturated carbocycles. The van der Waals surface area contributed by atoms with Crippen LogP contribution in [-0.4, -0.2) is 116 Å². The van der Waals surface area contributed by atoms with E-state index >= 15 is 0 Å². The van der Waals surface area contributed by atoms with Crippen molar-refractivity contribution in [3.63, 3.8) is 0 Å². The molecule has 5 unspecified atom stereocenters. The third kappa shape index (κ3) is 410. The molecule has 0 heterocycles. The van der Waals surface area contributed by atoms with E-state index in [0.29, 0.717) is 0 Å². The van der Waals surface area contributed by atoms with Crippen LogP contribution in [0.5, 0.6) is 0 Å². The molecule has 0 aromatic heterocycles. The molecule has 0 fully saturated rings. The molecular formula is C25H48N2O25Zr2. The predicted octanol–water partition coefficient (Wildman–Crippen LogP) is -14.9. The van der Waals surface area contributed by atoms with Gasteiger partial charge in [-0.2, -0.15) is 0 Å². The molecular weight excluding hydrogens is 911 g/mol. The summed E-state index contributed by atoms with van der Waals surface area (Å²) in [4.78, 5) is 91.1. The molecule has 0 spiro atoms. The molecule has 0 saturated heterocycles. The number of hydrogen-bond donors (Lipinski definition) is 7. The summed E-state index contributed by atoms with van der Waals surface area (Å²) in [7, 11) is 0. The molecule has 0 rings (SSSR count). The van der Waals surface area contributed by atoms with Gasteiger partial charge in [0.15, 0.2) is 0 Å². The topological polar surface area (TPSA) is 575 Å².